The third kappa shape index (κ3) is 6.42. The molecule has 0 aromatic heterocycles. The van der Waals surface area contributed by atoms with Crippen molar-refractivity contribution in [1.82, 2.24) is 10.6 Å². The lowest BCUT2D eigenvalue weighted by Crippen LogP contribution is -2.31. The zero-order chi connectivity index (χ0) is 17.9. The van der Waals surface area contributed by atoms with Gasteiger partial charge in [0.1, 0.15) is 0 Å². The van der Waals surface area contributed by atoms with Crippen molar-refractivity contribution in [1.29, 1.82) is 0 Å². The average molecular weight is 338 g/mol. The lowest BCUT2D eigenvalue weighted by molar-refractivity contribution is -0.122. The molecular weight excluding hydrogens is 312 g/mol. The summed E-state index contributed by atoms with van der Waals surface area (Å²) in [7, 11) is 0. The summed E-state index contributed by atoms with van der Waals surface area (Å²) < 4.78 is 0. The van der Waals surface area contributed by atoms with Gasteiger partial charge in [-0.3, -0.25) is 9.59 Å². The second-order valence-corrected chi connectivity index (χ2v) is 6.03. The maximum Gasteiger partial charge on any atom is 0.221 e. The van der Waals surface area contributed by atoms with Gasteiger partial charge < -0.3 is 10.6 Å². The maximum atomic E-state index is 12.4. The Morgan fingerprint density at radius 1 is 0.800 bits per heavy atom. The minimum absolute atomic E-state index is 0.0105. The molecule has 2 amide bonds. The quantitative estimate of drug-likeness (QED) is 0.737. The number of rotatable bonds is 9. The van der Waals surface area contributed by atoms with Crippen LogP contribution in [0.25, 0.3) is 0 Å². The summed E-state index contributed by atoms with van der Waals surface area (Å²) in [6.07, 6.45) is 1.59. The van der Waals surface area contributed by atoms with Gasteiger partial charge in [0.15, 0.2) is 0 Å². The molecule has 25 heavy (non-hydrogen) atoms. The number of nitrogens with one attached hydrogen (secondary N) is 2. The molecule has 0 spiro atoms. The number of hydrogen-bond acceptors (Lipinski definition) is 2. The van der Waals surface area contributed by atoms with Gasteiger partial charge >= 0.3 is 0 Å². The smallest absolute Gasteiger partial charge is 0.221 e. The molecule has 0 unspecified atom stereocenters. The Morgan fingerprint density at radius 2 is 1.32 bits per heavy atom. The van der Waals surface area contributed by atoms with E-state index in [0.29, 0.717) is 25.9 Å². The second kappa shape index (κ2) is 10.3. The number of hydrogen-bond donors (Lipinski definition) is 2. The standard InChI is InChI=1S/C21H26N2O2/c1-2-14-22-20(24)13-15-23-21(25)16-19(17-9-5-3-6-10-17)18-11-7-4-8-12-18/h3-12,19H,2,13-16H2,1H3,(H,22,24)(H,23,25). The van der Waals surface area contributed by atoms with Crippen molar-refractivity contribution in [3.05, 3.63) is 71.8 Å². The SMILES string of the molecule is CCCNC(=O)CCNC(=O)CC(c1ccccc1)c1ccccc1. The number of carbonyl (C=O) groups is 2. The van der Waals surface area contributed by atoms with Crippen molar-refractivity contribution in [2.45, 2.75) is 32.1 Å². The summed E-state index contributed by atoms with van der Waals surface area (Å²) in [6.45, 7) is 3.05. The van der Waals surface area contributed by atoms with Gasteiger partial charge in [0.2, 0.25) is 11.8 Å². The highest BCUT2D eigenvalue weighted by Gasteiger charge is 2.17. The Balaban J connectivity index is 1.93. The van der Waals surface area contributed by atoms with Gasteiger partial charge in [-0.05, 0) is 17.5 Å². The van der Waals surface area contributed by atoms with Crippen molar-refractivity contribution in [3.8, 4) is 0 Å². The second-order valence-electron chi connectivity index (χ2n) is 6.03. The minimum Gasteiger partial charge on any atom is -0.356 e. The lowest BCUT2D eigenvalue weighted by Gasteiger charge is -2.18. The van der Waals surface area contributed by atoms with Crippen molar-refractivity contribution in [2.24, 2.45) is 0 Å². The van der Waals surface area contributed by atoms with Gasteiger partial charge in [-0.25, -0.2) is 0 Å². The molecule has 2 aromatic carbocycles. The molecular formula is C21H26N2O2. The molecule has 0 aliphatic heterocycles. The first-order chi connectivity index (χ1) is 12.2. The molecule has 0 atom stereocenters. The Bertz CT molecular complexity index is 617. The van der Waals surface area contributed by atoms with Crippen LogP contribution in [0.4, 0.5) is 0 Å². The Morgan fingerprint density at radius 3 is 1.84 bits per heavy atom. The molecule has 0 heterocycles. The van der Waals surface area contributed by atoms with E-state index in [1.807, 2.05) is 67.6 Å². The van der Waals surface area contributed by atoms with Crippen LogP contribution in [-0.4, -0.2) is 24.9 Å². The van der Waals surface area contributed by atoms with Crippen LogP contribution in [0.1, 0.15) is 43.2 Å². The monoisotopic (exact) mass is 338 g/mol. The van der Waals surface area contributed by atoms with E-state index >= 15 is 0 Å². The first kappa shape index (κ1) is 18.7. The van der Waals surface area contributed by atoms with E-state index in [1.165, 1.54) is 0 Å². The minimum atomic E-state index is -0.0407. The fourth-order valence-electron chi connectivity index (χ4n) is 2.72. The summed E-state index contributed by atoms with van der Waals surface area (Å²) in [5.74, 6) is -0.0536. The molecule has 0 aliphatic rings. The zero-order valence-corrected chi connectivity index (χ0v) is 14.7. The zero-order valence-electron chi connectivity index (χ0n) is 14.7. The number of amides is 2. The highest BCUT2D eigenvalue weighted by molar-refractivity contribution is 5.79. The molecule has 2 N–H and O–H groups in total. The predicted molar refractivity (Wildman–Crippen MR) is 100 cm³/mol. The van der Waals surface area contributed by atoms with E-state index in [2.05, 4.69) is 10.6 Å². The summed E-state index contributed by atoms with van der Waals surface area (Å²) in [6, 6.07) is 20.1. The van der Waals surface area contributed by atoms with Crippen LogP contribution in [-0.2, 0) is 9.59 Å². The van der Waals surface area contributed by atoms with Crippen molar-refractivity contribution >= 4 is 11.8 Å². The molecule has 2 rings (SSSR count). The molecule has 0 bridgehead atoms. The first-order valence-corrected chi connectivity index (χ1v) is 8.84. The predicted octanol–water partition coefficient (Wildman–Crippen LogP) is 3.24. The molecule has 0 saturated heterocycles. The van der Waals surface area contributed by atoms with Gasteiger partial charge in [-0.2, -0.15) is 0 Å². The van der Waals surface area contributed by atoms with Crippen LogP contribution in [0, 0.1) is 0 Å². The van der Waals surface area contributed by atoms with E-state index in [-0.39, 0.29) is 17.7 Å². The summed E-state index contributed by atoms with van der Waals surface area (Å²) in [5.41, 5.74) is 2.23. The van der Waals surface area contributed by atoms with Crippen LogP contribution < -0.4 is 10.6 Å². The van der Waals surface area contributed by atoms with Crippen molar-refractivity contribution < 1.29 is 9.59 Å². The molecule has 4 heteroatoms. The molecule has 4 nitrogen and oxygen atoms in total. The van der Waals surface area contributed by atoms with Crippen LogP contribution in [0.2, 0.25) is 0 Å². The first-order valence-electron chi connectivity index (χ1n) is 8.84. The molecule has 2 aromatic rings. The fraction of sp³-hybridized carbons (Fsp3) is 0.333. The normalized spacial score (nSPS) is 10.5. The van der Waals surface area contributed by atoms with Gasteiger partial charge in [0.25, 0.3) is 0 Å². The number of carbonyl (C=O) groups excluding carboxylic acids is 2. The Hall–Kier alpha value is -2.62. The lowest BCUT2D eigenvalue weighted by atomic mass is 9.88. The van der Waals surface area contributed by atoms with Crippen molar-refractivity contribution in [3.63, 3.8) is 0 Å². The topological polar surface area (TPSA) is 58.2 Å². The molecule has 132 valence electrons. The summed E-state index contributed by atoms with van der Waals surface area (Å²) >= 11 is 0. The Labute approximate surface area is 149 Å². The molecule has 0 saturated carbocycles. The van der Waals surface area contributed by atoms with E-state index in [4.69, 9.17) is 0 Å². The van der Waals surface area contributed by atoms with Gasteiger partial charge in [-0.1, -0.05) is 67.6 Å². The van der Waals surface area contributed by atoms with Crippen LogP contribution in [0.5, 0.6) is 0 Å². The van der Waals surface area contributed by atoms with Crippen LogP contribution in [0.3, 0.4) is 0 Å². The third-order valence-corrected chi connectivity index (χ3v) is 4.04. The fourth-order valence-corrected chi connectivity index (χ4v) is 2.72. The molecule has 0 aliphatic carbocycles. The van der Waals surface area contributed by atoms with Gasteiger partial charge in [0, 0.05) is 31.8 Å². The van der Waals surface area contributed by atoms with Gasteiger partial charge in [0.05, 0.1) is 0 Å². The third-order valence-electron chi connectivity index (χ3n) is 4.04. The van der Waals surface area contributed by atoms with Crippen molar-refractivity contribution in [2.75, 3.05) is 13.1 Å². The molecule has 0 radical (unpaired) electrons. The van der Waals surface area contributed by atoms with E-state index in [1.54, 1.807) is 0 Å². The largest absolute Gasteiger partial charge is 0.356 e. The highest BCUT2D eigenvalue weighted by atomic mass is 16.2. The number of benzene rings is 2. The summed E-state index contributed by atoms with van der Waals surface area (Å²) in [5, 5.41) is 5.67. The highest BCUT2D eigenvalue weighted by Crippen LogP contribution is 2.27. The summed E-state index contributed by atoms with van der Waals surface area (Å²) in [4.78, 5) is 23.9. The maximum absolute atomic E-state index is 12.4. The van der Waals surface area contributed by atoms with E-state index in [0.717, 1.165) is 17.5 Å². The van der Waals surface area contributed by atoms with E-state index < -0.39 is 0 Å². The Kier molecular flexibility index (Phi) is 7.70. The van der Waals surface area contributed by atoms with E-state index in [9.17, 15) is 9.59 Å². The average Bonchev–Trinajstić information content (AvgIpc) is 2.66. The molecule has 0 fully saturated rings. The van der Waals surface area contributed by atoms with Crippen LogP contribution >= 0.6 is 0 Å². The van der Waals surface area contributed by atoms with Gasteiger partial charge in [-0.15, -0.1) is 0 Å². The van der Waals surface area contributed by atoms with Crippen LogP contribution in [0.15, 0.2) is 60.7 Å².